The second kappa shape index (κ2) is 4.65. The van der Waals surface area contributed by atoms with E-state index in [1.165, 1.54) is 5.38 Å². The first-order valence-electron chi connectivity index (χ1n) is 4.65. The van der Waals surface area contributed by atoms with Gasteiger partial charge in [-0.15, -0.1) is 11.3 Å². The molecule has 1 aromatic carbocycles. The van der Waals surface area contributed by atoms with E-state index < -0.39 is 29.0 Å². The minimum atomic E-state index is -1.65. The van der Waals surface area contributed by atoms with Crippen molar-refractivity contribution in [3.8, 4) is 0 Å². The number of hydrogen-bond donors (Lipinski definition) is 2. The first-order valence-corrected chi connectivity index (χ1v) is 5.53. The molecule has 1 amide bonds. The van der Waals surface area contributed by atoms with Crippen molar-refractivity contribution in [1.82, 2.24) is 4.98 Å². The van der Waals surface area contributed by atoms with Crippen LogP contribution in [0.2, 0.25) is 0 Å². The fourth-order valence-electron chi connectivity index (χ4n) is 1.20. The molecule has 0 aliphatic carbocycles. The summed E-state index contributed by atoms with van der Waals surface area (Å²) in [6, 6.07) is 1.63. The zero-order valence-corrected chi connectivity index (χ0v) is 9.52. The molecule has 2 rings (SSSR count). The van der Waals surface area contributed by atoms with Gasteiger partial charge in [0.05, 0.1) is 5.69 Å². The van der Waals surface area contributed by atoms with Gasteiger partial charge in [-0.2, -0.15) is 0 Å². The Bertz CT molecular complexity index is 614. The van der Waals surface area contributed by atoms with Gasteiger partial charge in [-0.3, -0.25) is 4.79 Å². The summed E-state index contributed by atoms with van der Waals surface area (Å²) in [4.78, 5) is 15.2. The van der Waals surface area contributed by atoms with E-state index in [4.69, 9.17) is 5.73 Å². The normalized spacial score (nSPS) is 10.4. The SMILES string of the molecule is Nc1nc(C(=O)Nc2ccc(F)c(F)c2F)cs1. The summed E-state index contributed by atoms with van der Waals surface area (Å²) in [6.07, 6.45) is 0. The number of nitrogens with one attached hydrogen (secondary N) is 1. The maximum atomic E-state index is 13.3. The molecule has 18 heavy (non-hydrogen) atoms. The zero-order valence-electron chi connectivity index (χ0n) is 8.71. The predicted octanol–water partition coefficient (Wildman–Crippen LogP) is 2.39. The van der Waals surface area contributed by atoms with Crippen LogP contribution in [0.15, 0.2) is 17.5 Å². The number of anilines is 2. The molecule has 2 aromatic rings. The van der Waals surface area contributed by atoms with Crippen molar-refractivity contribution < 1.29 is 18.0 Å². The molecule has 0 unspecified atom stereocenters. The van der Waals surface area contributed by atoms with Crippen LogP contribution in [0.4, 0.5) is 24.0 Å². The summed E-state index contributed by atoms with van der Waals surface area (Å²) < 4.78 is 38.9. The number of hydrogen-bond acceptors (Lipinski definition) is 4. The van der Waals surface area contributed by atoms with Crippen molar-refractivity contribution in [1.29, 1.82) is 0 Å². The predicted molar refractivity (Wildman–Crippen MR) is 60.8 cm³/mol. The fourth-order valence-corrected chi connectivity index (χ4v) is 1.74. The molecule has 94 valence electrons. The van der Waals surface area contributed by atoms with Crippen molar-refractivity contribution in [3.63, 3.8) is 0 Å². The summed E-state index contributed by atoms with van der Waals surface area (Å²) in [6.45, 7) is 0. The minimum Gasteiger partial charge on any atom is -0.375 e. The molecule has 0 bridgehead atoms. The van der Waals surface area contributed by atoms with Gasteiger partial charge in [0, 0.05) is 5.38 Å². The number of carbonyl (C=O) groups is 1. The van der Waals surface area contributed by atoms with Gasteiger partial charge in [0.25, 0.3) is 5.91 Å². The molecule has 0 aliphatic rings. The molecule has 3 N–H and O–H groups in total. The van der Waals surface area contributed by atoms with E-state index in [1.807, 2.05) is 0 Å². The molecule has 1 heterocycles. The van der Waals surface area contributed by atoms with E-state index in [0.717, 1.165) is 17.4 Å². The van der Waals surface area contributed by atoms with Crippen molar-refractivity contribution in [2.24, 2.45) is 0 Å². The molecule has 1 aromatic heterocycles. The van der Waals surface area contributed by atoms with Crippen molar-refractivity contribution >= 4 is 28.1 Å². The number of nitrogens with two attached hydrogens (primary N) is 1. The van der Waals surface area contributed by atoms with Gasteiger partial charge >= 0.3 is 0 Å². The molecular weight excluding hydrogens is 267 g/mol. The Labute approximate surface area is 103 Å². The highest BCUT2D eigenvalue weighted by atomic mass is 32.1. The van der Waals surface area contributed by atoms with Crippen LogP contribution in [-0.2, 0) is 0 Å². The lowest BCUT2D eigenvalue weighted by Gasteiger charge is -2.05. The summed E-state index contributed by atoms with van der Waals surface area (Å²) in [5.41, 5.74) is 4.83. The van der Waals surface area contributed by atoms with Gasteiger partial charge in [-0.25, -0.2) is 18.2 Å². The number of halogens is 3. The van der Waals surface area contributed by atoms with Crippen LogP contribution in [0.1, 0.15) is 10.5 Å². The fraction of sp³-hybridized carbons (Fsp3) is 0. The second-order valence-corrected chi connectivity index (χ2v) is 4.14. The minimum absolute atomic E-state index is 0.0263. The first kappa shape index (κ1) is 12.4. The van der Waals surface area contributed by atoms with E-state index in [1.54, 1.807) is 0 Å². The maximum absolute atomic E-state index is 13.3. The molecule has 0 fully saturated rings. The standard InChI is InChI=1S/C10H6F3N3OS/c11-4-1-2-5(8(13)7(4)12)15-9(17)6-3-18-10(14)16-6/h1-3H,(H2,14,16)(H,15,17). The van der Waals surface area contributed by atoms with Crippen molar-refractivity contribution in [2.75, 3.05) is 11.1 Å². The molecule has 0 saturated heterocycles. The molecule has 0 saturated carbocycles. The van der Waals surface area contributed by atoms with Crippen molar-refractivity contribution in [3.05, 3.63) is 40.7 Å². The Morgan fingerprint density at radius 1 is 1.28 bits per heavy atom. The number of amides is 1. The van der Waals surface area contributed by atoms with Crippen LogP contribution in [0.3, 0.4) is 0 Å². The number of benzene rings is 1. The van der Waals surface area contributed by atoms with E-state index >= 15 is 0 Å². The van der Waals surface area contributed by atoms with Gasteiger partial charge in [0.15, 0.2) is 22.6 Å². The Morgan fingerprint density at radius 2 is 2.00 bits per heavy atom. The summed E-state index contributed by atoms with van der Waals surface area (Å²) in [7, 11) is 0. The lowest BCUT2D eigenvalue weighted by Crippen LogP contribution is -2.14. The molecule has 0 radical (unpaired) electrons. The Hall–Kier alpha value is -2.09. The molecule has 0 aliphatic heterocycles. The highest BCUT2D eigenvalue weighted by molar-refractivity contribution is 7.13. The van der Waals surface area contributed by atoms with Crippen LogP contribution >= 0.6 is 11.3 Å². The lowest BCUT2D eigenvalue weighted by atomic mass is 10.2. The van der Waals surface area contributed by atoms with Gasteiger partial charge < -0.3 is 11.1 Å². The number of nitrogen functional groups attached to an aromatic ring is 1. The number of thiazole rings is 1. The summed E-state index contributed by atoms with van der Waals surface area (Å²) in [5.74, 6) is -5.20. The monoisotopic (exact) mass is 273 g/mol. The van der Waals surface area contributed by atoms with E-state index in [2.05, 4.69) is 10.3 Å². The van der Waals surface area contributed by atoms with Crippen LogP contribution in [0.5, 0.6) is 0 Å². The topological polar surface area (TPSA) is 68.0 Å². The van der Waals surface area contributed by atoms with Gasteiger partial charge in [0.2, 0.25) is 0 Å². The van der Waals surface area contributed by atoms with Gasteiger partial charge in [-0.05, 0) is 12.1 Å². The van der Waals surface area contributed by atoms with Crippen LogP contribution in [-0.4, -0.2) is 10.9 Å². The molecule has 8 heteroatoms. The van der Waals surface area contributed by atoms with Crippen molar-refractivity contribution in [2.45, 2.75) is 0 Å². The molecule has 4 nitrogen and oxygen atoms in total. The lowest BCUT2D eigenvalue weighted by molar-refractivity contribution is 0.102. The Kier molecular flexibility index (Phi) is 3.19. The highest BCUT2D eigenvalue weighted by Crippen LogP contribution is 2.20. The largest absolute Gasteiger partial charge is 0.375 e. The first-order chi connectivity index (χ1) is 8.49. The van der Waals surface area contributed by atoms with Gasteiger partial charge in [-0.1, -0.05) is 0 Å². The third-order valence-corrected chi connectivity index (χ3v) is 2.71. The second-order valence-electron chi connectivity index (χ2n) is 3.25. The number of aromatic nitrogens is 1. The maximum Gasteiger partial charge on any atom is 0.275 e. The van der Waals surface area contributed by atoms with E-state index in [9.17, 15) is 18.0 Å². The highest BCUT2D eigenvalue weighted by Gasteiger charge is 2.17. The number of nitrogens with zero attached hydrogens (tertiary/aromatic N) is 1. The van der Waals surface area contributed by atoms with Crippen LogP contribution in [0, 0.1) is 17.5 Å². The number of rotatable bonds is 2. The summed E-state index contributed by atoms with van der Waals surface area (Å²) in [5, 5.41) is 3.61. The zero-order chi connectivity index (χ0) is 13.3. The average Bonchev–Trinajstić information content (AvgIpc) is 2.77. The third-order valence-electron chi connectivity index (χ3n) is 2.04. The molecular formula is C10H6F3N3OS. The number of carbonyl (C=O) groups excluding carboxylic acids is 1. The third kappa shape index (κ3) is 2.28. The summed E-state index contributed by atoms with van der Waals surface area (Å²) >= 11 is 1.03. The quantitative estimate of drug-likeness (QED) is 0.825. The molecule has 0 atom stereocenters. The van der Waals surface area contributed by atoms with E-state index in [-0.39, 0.29) is 10.8 Å². The Morgan fingerprint density at radius 3 is 2.61 bits per heavy atom. The van der Waals surface area contributed by atoms with Crippen LogP contribution < -0.4 is 11.1 Å². The molecule has 0 spiro atoms. The van der Waals surface area contributed by atoms with Crippen LogP contribution in [0.25, 0.3) is 0 Å². The van der Waals surface area contributed by atoms with Gasteiger partial charge in [0.1, 0.15) is 5.69 Å². The Balaban J connectivity index is 2.25. The van der Waals surface area contributed by atoms with E-state index in [0.29, 0.717) is 6.07 Å². The smallest absolute Gasteiger partial charge is 0.275 e. The average molecular weight is 273 g/mol.